The minimum atomic E-state index is -0.165. The fraction of sp³-hybridized carbons (Fsp3) is 0.292. The molecule has 3 aromatic rings. The lowest BCUT2D eigenvalue weighted by molar-refractivity contribution is 0.0493. The van der Waals surface area contributed by atoms with Gasteiger partial charge < -0.3 is 5.32 Å². The number of hydrogen-bond acceptors (Lipinski definition) is 3. The SMILES string of the molecule is O=C(NC(c1ccccc1)C12CC(CN1Cc1ccccc1)C2)c1cc(Cl)sc1Cl. The Labute approximate surface area is 190 Å². The van der Waals surface area contributed by atoms with Gasteiger partial charge >= 0.3 is 0 Å². The van der Waals surface area contributed by atoms with E-state index in [2.05, 4.69) is 46.6 Å². The number of fused-ring (bicyclic) bond motifs is 1. The van der Waals surface area contributed by atoms with Crippen molar-refractivity contribution in [1.82, 2.24) is 10.2 Å². The molecule has 1 amide bonds. The zero-order valence-electron chi connectivity index (χ0n) is 16.4. The molecule has 1 saturated carbocycles. The van der Waals surface area contributed by atoms with E-state index in [1.54, 1.807) is 6.07 Å². The summed E-state index contributed by atoms with van der Waals surface area (Å²) in [6.45, 7) is 1.96. The van der Waals surface area contributed by atoms with Crippen LogP contribution in [0, 0.1) is 5.92 Å². The molecule has 6 heteroatoms. The molecule has 0 radical (unpaired) electrons. The molecule has 1 atom stereocenters. The van der Waals surface area contributed by atoms with Crippen LogP contribution in [0.5, 0.6) is 0 Å². The summed E-state index contributed by atoms with van der Waals surface area (Å²) in [4.78, 5) is 15.7. The van der Waals surface area contributed by atoms with Crippen molar-refractivity contribution in [1.29, 1.82) is 0 Å². The van der Waals surface area contributed by atoms with Crippen molar-refractivity contribution in [2.75, 3.05) is 6.54 Å². The quantitative estimate of drug-likeness (QED) is 0.479. The number of nitrogens with one attached hydrogen (secondary N) is 1. The van der Waals surface area contributed by atoms with E-state index in [0.29, 0.717) is 20.2 Å². The molecule has 2 aliphatic heterocycles. The van der Waals surface area contributed by atoms with Crippen molar-refractivity contribution in [3.8, 4) is 0 Å². The number of carbonyl (C=O) groups excluding carboxylic acids is 1. The van der Waals surface area contributed by atoms with Gasteiger partial charge in [0.05, 0.1) is 15.9 Å². The van der Waals surface area contributed by atoms with Crippen LogP contribution in [0.2, 0.25) is 8.67 Å². The fourth-order valence-electron chi connectivity index (χ4n) is 5.14. The molecule has 0 spiro atoms. The Morgan fingerprint density at radius 1 is 1.10 bits per heavy atom. The van der Waals surface area contributed by atoms with Crippen LogP contribution in [-0.4, -0.2) is 22.9 Å². The number of hydrogen-bond donors (Lipinski definition) is 1. The highest BCUT2D eigenvalue weighted by molar-refractivity contribution is 7.20. The summed E-state index contributed by atoms with van der Waals surface area (Å²) in [5.74, 6) is 0.525. The third kappa shape index (κ3) is 3.56. The molecule has 2 bridgehead atoms. The van der Waals surface area contributed by atoms with Crippen molar-refractivity contribution >= 4 is 40.4 Å². The van der Waals surface area contributed by atoms with Crippen molar-refractivity contribution in [3.05, 3.63) is 92.1 Å². The van der Waals surface area contributed by atoms with Gasteiger partial charge in [-0.15, -0.1) is 11.3 Å². The molecule has 1 unspecified atom stereocenters. The molecular weight excluding hydrogens is 435 g/mol. The van der Waals surface area contributed by atoms with E-state index in [-0.39, 0.29) is 17.5 Å². The predicted molar refractivity (Wildman–Crippen MR) is 123 cm³/mol. The summed E-state index contributed by atoms with van der Waals surface area (Å²) in [5.41, 5.74) is 2.80. The molecule has 1 N–H and O–H groups in total. The highest BCUT2D eigenvalue weighted by atomic mass is 35.5. The van der Waals surface area contributed by atoms with Crippen molar-refractivity contribution in [2.45, 2.75) is 31.0 Å². The van der Waals surface area contributed by atoms with Crippen molar-refractivity contribution < 1.29 is 4.79 Å². The van der Waals surface area contributed by atoms with Crippen LogP contribution >= 0.6 is 34.5 Å². The number of carbonyl (C=O) groups is 1. The largest absolute Gasteiger partial charge is 0.343 e. The monoisotopic (exact) mass is 456 g/mol. The average Bonchev–Trinajstić information content (AvgIpc) is 3.37. The van der Waals surface area contributed by atoms with Crippen LogP contribution in [0.3, 0.4) is 0 Å². The second-order valence-electron chi connectivity index (χ2n) is 8.30. The summed E-state index contributed by atoms with van der Waals surface area (Å²) in [7, 11) is 0. The second-order valence-corrected chi connectivity index (χ2v) is 10.6. The molecule has 154 valence electrons. The number of rotatable bonds is 6. The van der Waals surface area contributed by atoms with Gasteiger partial charge in [0.1, 0.15) is 4.34 Å². The zero-order valence-corrected chi connectivity index (χ0v) is 18.7. The molecule has 3 fully saturated rings. The summed E-state index contributed by atoms with van der Waals surface area (Å²) in [5, 5.41) is 3.32. The molecule has 30 heavy (non-hydrogen) atoms. The fourth-order valence-corrected chi connectivity index (χ4v) is 6.60. The normalized spacial score (nSPS) is 23.7. The Morgan fingerprint density at radius 2 is 1.77 bits per heavy atom. The van der Waals surface area contributed by atoms with Crippen molar-refractivity contribution in [3.63, 3.8) is 0 Å². The minimum absolute atomic E-state index is 0.0795. The third-order valence-corrected chi connectivity index (χ3v) is 7.94. The lowest BCUT2D eigenvalue weighted by Crippen LogP contribution is -2.56. The van der Waals surface area contributed by atoms with Gasteiger partial charge in [0.15, 0.2) is 0 Å². The maximum Gasteiger partial charge on any atom is 0.254 e. The van der Waals surface area contributed by atoms with Crippen LogP contribution in [0.4, 0.5) is 0 Å². The van der Waals surface area contributed by atoms with Crippen LogP contribution in [0.25, 0.3) is 0 Å². The molecule has 1 aliphatic carbocycles. The predicted octanol–water partition coefficient (Wildman–Crippen LogP) is 6.19. The van der Waals surface area contributed by atoms with E-state index >= 15 is 0 Å². The van der Waals surface area contributed by atoms with Crippen LogP contribution < -0.4 is 5.32 Å². The smallest absolute Gasteiger partial charge is 0.254 e. The van der Waals surface area contributed by atoms with Crippen molar-refractivity contribution in [2.24, 2.45) is 5.92 Å². The summed E-state index contributed by atoms with van der Waals surface area (Å²) < 4.78 is 0.954. The Kier molecular flexibility index (Phi) is 5.36. The summed E-state index contributed by atoms with van der Waals surface area (Å²) in [6, 6.07) is 22.4. The Bertz CT molecular complexity index is 1050. The molecule has 6 rings (SSSR count). The van der Waals surface area contributed by atoms with Crippen LogP contribution in [0.15, 0.2) is 66.7 Å². The minimum Gasteiger partial charge on any atom is -0.343 e. The standard InChI is InChI=1S/C24H22Cl2N2OS/c25-20-11-19(22(26)30-20)23(29)27-21(18-9-5-2-6-10-18)24-12-17(13-24)15-28(24)14-16-7-3-1-4-8-16/h1-11,17,21H,12-15H2,(H,27,29). The van der Waals surface area contributed by atoms with Gasteiger partial charge in [0, 0.05) is 18.6 Å². The Balaban J connectivity index is 1.47. The molecule has 3 aliphatic rings. The lowest BCUT2D eigenvalue weighted by atomic mass is 9.67. The van der Waals surface area contributed by atoms with E-state index in [4.69, 9.17) is 23.2 Å². The number of thiophene rings is 1. The van der Waals surface area contributed by atoms with Gasteiger partial charge in [-0.1, -0.05) is 83.9 Å². The van der Waals surface area contributed by atoms with E-state index in [1.807, 2.05) is 24.3 Å². The average molecular weight is 457 g/mol. The first kappa shape index (κ1) is 20.1. The van der Waals surface area contributed by atoms with Gasteiger partial charge in [0.25, 0.3) is 5.91 Å². The molecule has 3 heterocycles. The van der Waals surface area contributed by atoms with Crippen LogP contribution in [-0.2, 0) is 6.54 Å². The first-order valence-electron chi connectivity index (χ1n) is 10.1. The third-order valence-electron chi connectivity index (χ3n) is 6.46. The maximum absolute atomic E-state index is 13.2. The first-order chi connectivity index (χ1) is 14.5. The van der Waals surface area contributed by atoms with Gasteiger partial charge in [-0.05, 0) is 36.0 Å². The van der Waals surface area contributed by atoms with E-state index in [9.17, 15) is 4.79 Å². The number of amides is 1. The van der Waals surface area contributed by atoms with Gasteiger partial charge in [-0.2, -0.15) is 0 Å². The zero-order chi connectivity index (χ0) is 20.7. The number of halogens is 2. The molecule has 2 aromatic carbocycles. The summed E-state index contributed by atoms with van der Waals surface area (Å²) >= 11 is 13.6. The van der Waals surface area contributed by atoms with E-state index < -0.39 is 0 Å². The molecule has 3 nitrogen and oxygen atoms in total. The highest BCUT2D eigenvalue weighted by Crippen LogP contribution is 2.57. The van der Waals surface area contributed by atoms with E-state index in [1.165, 1.54) is 16.9 Å². The Hall–Kier alpha value is -1.85. The first-order valence-corrected chi connectivity index (χ1v) is 11.7. The van der Waals surface area contributed by atoms with Crippen LogP contribution in [0.1, 0.15) is 40.4 Å². The Morgan fingerprint density at radius 3 is 2.40 bits per heavy atom. The van der Waals surface area contributed by atoms with Gasteiger partial charge in [-0.25, -0.2) is 0 Å². The topological polar surface area (TPSA) is 32.3 Å². The maximum atomic E-state index is 13.2. The molecular formula is C24H22Cl2N2OS. The van der Waals surface area contributed by atoms with E-state index in [0.717, 1.165) is 31.5 Å². The lowest BCUT2D eigenvalue weighted by Gasteiger charge is -2.48. The van der Waals surface area contributed by atoms with Gasteiger partial charge in [0.2, 0.25) is 0 Å². The highest BCUT2D eigenvalue weighted by Gasteiger charge is 2.60. The molecule has 2 saturated heterocycles. The number of nitrogens with zero attached hydrogens (tertiary/aromatic N) is 1. The molecule has 1 aromatic heterocycles. The second kappa shape index (κ2) is 8.01. The summed E-state index contributed by atoms with van der Waals surface area (Å²) in [6.07, 6.45) is 2.19. The number of benzene rings is 2. The van der Waals surface area contributed by atoms with Gasteiger partial charge in [-0.3, -0.25) is 9.69 Å².